The molecule has 152 valence electrons. The zero-order valence-corrected chi connectivity index (χ0v) is 16.4. The highest BCUT2D eigenvalue weighted by Crippen LogP contribution is 2.36. The third kappa shape index (κ3) is 4.91. The van der Waals surface area contributed by atoms with Gasteiger partial charge in [0.2, 0.25) is 11.8 Å². The summed E-state index contributed by atoms with van der Waals surface area (Å²) in [6, 6.07) is 9.62. The van der Waals surface area contributed by atoms with Crippen molar-refractivity contribution in [3.63, 3.8) is 0 Å². The molecule has 1 atom stereocenters. The summed E-state index contributed by atoms with van der Waals surface area (Å²) in [5, 5.41) is 12.6. The Kier molecular flexibility index (Phi) is 6.70. The second-order valence-electron chi connectivity index (χ2n) is 8.21. The first-order chi connectivity index (χ1) is 13.5. The Morgan fingerprint density at radius 3 is 2.46 bits per heavy atom. The normalized spacial score (nSPS) is 21.7. The molecule has 1 unspecified atom stereocenters. The zero-order chi connectivity index (χ0) is 20.0. The molecule has 1 aliphatic heterocycles. The number of carbonyl (C=O) groups excluding carboxylic acids is 2. The van der Waals surface area contributed by atoms with E-state index in [0.29, 0.717) is 32.4 Å². The fourth-order valence-corrected chi connectivity index (χ4v) is 4.40. The van der Waals surface area contributed by atoms with Gasteiger partial charge in [-0.1, -0.05) is 49.6 Å². The molecule has 0 spiro atoms. The number of aliphatic carboxylic acids is 1. The van der Waals surface area contributed by atoms with Crippen LogP contribution in [-0.4, -0.2) is 47.4 Å². The van der Waals surface area contributed by atoms with Gasteiger partial charge in [-0.15, -0.1) is 0 Å². The summed E-state index contributed by atoms with van der Waals surface area (Å²) in [6.45, 7) is 1.28. The molecule has 2 fully saturated rings. The highest BCUT2D eigenvalue weighted by molar-refractivity contribution is 5.83. The predicted molar refractivity (Wildman–Crippen MR) is 106 cm³/mol. The van der Waals surface area contributed by atoms with Crippen LogP contribution in [0.1, 0.15) is 50.5 Å². The van der Waals surface area contributed by atoms with Gasteiger partial charge in [-0.3, -0.25) is 14.4 Å². The van der Waals surface area contributed by atoms with Gasteiger partial charge in [0.25, 0.3) is 0 Å². The lowest BCUT2D eigenvalue weighted by Gasteiger charge is -2.35. The average Bonchev–Trinajstić information content (AvgIpc) is 2.73. The number of piperidine rings is 1. The first-order valence-electron chi connectivity index (χ1n) is 10.3. The summed E-state index contributed by atoms with van der Waals surface area (Å²) in [7, 11) is 0. The lowest BCUT2D eigenvalue weighted by atomic mass is 9.74. The van der Waals surface area contributed by atoms with E-state index in [9.17, 15) is 19.5 Å². The number of benzene rings is 1. The summed E-state index contributed by atoms with van der Waals surface area (Å²) in [6.07, 6.45) is 5.97. The maximum Gasteiger partial charge on any atom is 0.311 e. The number of nitrogens with zero attached hydrogens (tertiary/aromatic N) is 1. The van der Waals surface area contributed by atoms with Gasteiger partial charge in [0.1, 0.15) is 0 Å². The van der Waals surface area contributed by atoms with Crippen LogP contribution in [-0.2, 0) is 20.8 Å². The SMILES string of the molecule is O=C(NCC1(C(=O)O)CCCCC1)C1CCCN(C(=O)Cc2ccccc2)C1. The number of carbonyl (C=O) groups is 3. The Bertz CT molecular complexity index is 698. The molecule has 1 saturated heterocycles. The quantitative estimate of drug-likeness (QED) is 0.787. The number of nitrogens with one attached hydrogen (secondary N) is 1. The second kappa shape index (κ2) is 9.22. The smallest absolute Gasteiger partial charge is 0.311 e. The summed E-state index contributed by atoms with van der Waals surface area (Å²) in [4.78, 5) is 38.8. The van der Waals surface area contributed by atoms with Crippen LogP contribution in [0.15, 0.2) is 30.3 Å². The van der Waals surface area contributed by atoms with Crippen molar-refractivity contribution in [3.05, 3.63) is 35.9 Å². The third-order valence-electron chi connectivity index (χ3n) is 6.21. The van der Waals surface area contributed by atoms with E-state index in [0.717, 1.165) is 37.7 Å². The van der Waals surface area contributed by atoms with Crippen LogP contribution in [0, 0.1) is 11.3 Å². The van der Waals surface area contributed by atoms with E-state index in [1.807, 2.05) is 30.3 Å². The van der Waals surface area contributed by atoms with Gasteiger partial charge < -0.3 is 15.3 Å². The van der Waals surface area contributed by atoms with Crippen LogP contribution in [0.5, 0.6) is 0 Å². The number of rotatable bonds is 6. The van der Waals surface area contributed by atoms with Crippen LogP contribution < -0.4 is 5.32 Å². The van der Waals surface area contributed by atoms with Gasteiger partial charge in [-0.05, 0) is 31.2 Å². The van der Waals surface area contributed by atoms with Gasteiger partial charge in [0.15, 0.2) is 0 Å². The standard InChI is InChI=1S/C22H30N2O4/c25-19(14-17-8-3-1-4-9-17)24-13-7-10-18(15-24)20(26)23-16-22(21(27)28)11-5-2-6-12-22/h1,3-4,8-9,18H,2,5-7,10-16H2,(H,23,26)(H,27,28). The third-order valence-corrected chi connectivity index (χ3v) is 6.21. The molecule has 2 aliphatic rings. The number of carboxylic acids is 1. The Morgan fingerprint density at radius 2 is 1.79 bits per heavy atom. The van der Waals surface area contributed by atoms with Crippen LogP contribution in [0.3, 0.4) is 0 Å². The van der Waals surface area contributed by atoms with Crippen molar-refractivity contribution in [2.75, 3.05) is 19.6 Å². The van der Waals surface area contributed by atoms with Crippen molar-refractivity contribution < 1.29 is 19.5 Å². The van der Waals surface area contributed by atoms with Gasteiger partial charge in [-0.2, -0.15) is 0 Å². The molecule has 3 rings (SSSR count). The topological polar surface area (TPSA) is 86.7 Å². The fourth-order valence-electron chi connectivity index (χ4n) is 4.40. The summed E-state index contributed by atoms with van der Waals surface area (Å²) in [5.41, 5.74) is 0.144. The van der Waals surface area contributed by atoms with Crippen molar-refractivity contribution in [3.8, 4) is 0 Å². The number of hydrogen-bond donors (Lipinski definition) is 2. The Balaban J connectivity index is 1.53. The van der Waals surface area contributed by atoms with Crippen molar-refractivity contribution in [1.29, 1.82) is 0 Å². The first kappa shape index (κ1) is 20.4. The van der Waals surface area contributed by atoms with Crippen molar-refractivity contribution in [2.24, 2.45) is 11.3 Å². The van der Waals surface area contributed by atoms with E-state index < -0.39 is 11.4 Å². The first-order valence-corrected chi connectivity index (χ1v) is 10.3. The molecule has 1 saturated carbocycles. The minimum absolute atomic E-state index is 0.0398. The van der Waals surface area contributed by atoms with Crippen LogP contribution >= 0.6 is 0 Å². The maximum atomic E-state index is 12.7. The molecule has 1 aromatic rings. The molecule has 1 aromatic carbocycles. The lowest BCUT2D eigenvalue weighted by Crippen LogP contribution is -2.49. The summed E-state index contributed by atoms with van der Waals surface area (Å²) in [5.74, 6) is -1.15. The van der Waals surface area contributed by atoms with E-state index in [2.05, 4.69) is 5.32 Å². The fraction of sp³-hybridized carbons (Fsp3) is 0.591. The lowest BCUT2D eigenvalue weighted by molar-refractivity contribution is -0.151. The van der Waals surface area contributed by atoms with Crippen molar-refractivity contribution in [2.45, 2.75) is 51.4 Å². The number of hydrogen-bond acceptors (Lipinski definition) is 3. The van der Waals surface area contributed by atoms with Gasteiger partial charge in [0, 0.05) is 19.6 Å². The van der Waals surface area contributed by atoms with E-state index in [-0.39, 0.29) is 24.3 Å². The average molecular weight is 386 g/mol. The highest BCUT2D eigenvalue weighted by atomic mass is 16.4. The molecular formula is C22H30N2O4. The molecule has 1 aliphatic carbocycles. The largest absolute Gasteiger partial charge is 0.481 e. The van der Waals surface area contributed by atoms with Crippen LogP contribution in [0.4, 0.5) is 0 Å². The Labute approximate surface area is 166 Å². The van der Waals surface area contributed by atoms with E-state index in [4.69, 9.17) is 0 Å². The van der Waals surface area contributed by atoms with Crippen LogP contribution in [0.25, 0.3) is 0 Å². The monoisotopic (exact) mass is 386 g/mol. The molecule has 2 N–H and O–H groups in total. The molecule has 2 amide bonds. The van der Waals surface area contributed by atoms with Crippen molar-refractivity contribution >= 4 is 17.8 Å². The second-order valence-corrected chi connectivity index (χ2v) is 8.21. The summed E-state index contributed by atoms with van der Waals surface area (Å²) >= 11 is 0. The minimum Gasteiger partial charge on any atom is -0.481 e. The van der Waals surface area contributed by atoms with Gasteiger partial charge in [0.05, 0.1) is 17.8 Å². The molecule has 1 heterocycles. The Morgan fingerprint density at radius 1 is 1.07 bits per heavy atom. The minimum atomic E-state index is -0.828. The van der Waals surface area contributed by atoms with E-state index >= 15 is 0 Å². The molecule has 0 radical (unpaired) electrons. The summed E-state index contributed by atoms with van der Waals surface area (Å²) < 4.78 is 0. The Hall–Kier alpha value is -2.37. The predicted octanol–water partition coefficient (Wildman–Crippen LogP) is 2.62. The highest BCUT2D eigenvalue weighted by Gasteiger charge is 2.40. The number of carboxylic acid groups (broad SMARTS) is 1. The van der Waals surface area contributed by atoms with Crippen molar-refractivity contribution in [1.82, 2.24) is 10.2 Å². The molecule has 28 heavy (non-hydrogen) atoms. The van der Waals surface area contributed by atoms with Gasteiger partial charge in [-0.25, -0.2) is 0 Å². The molecule has 6 heteroatoms. The molecule has 0 bridgehead atoms. The zero-order valence-electron chi connectivity index (χ0n) is 16.4. The maximum absolute atomic E-state index is 12.7. The molecule has 0 aromatic heterocycles. The number of likely N-dealkylation sites (tertiary alicyclic amines) is 1. The van der Waals surface area contributed by atoms with Gasteiger partial charge >= 0.3 is 5.97 Å². The van der Waals surface area contributed by atoms with Crippen LogP contribution in [0.2, 0.25) is 0 Å². The van der Waals surface area contributed by atoms with E-state index in [1.165, 1.54) is 0 Å². The molecule has 6 nitrogen and oxygen atoms in total. The number of amides is 2. The van der Waals surface area contributed by atoms with E-state index in [1.54, 1.807) is 4.90 Å². The molecular weight excluding hydrogens is 356 g/mol.